The van der Waals surface area contributed by atoms with Crippen LogP contribution in [-0.2, 0) is 0 Å². The molecular formula is C10H9INO2-. The standard InChI is InChI=1S/C10H9NO2.HI/c11-8-5-9(12)6-3-1-2-4-7(6)10(8)13;/h1-5,12-13H,11H2;1H/p-1. The predicted molar refractivity (Wildman–Crippen MR) is 51.7 cm³/mol. The third kappa shape index (κ3) is 1.57. The lowest BCUT2D eigenvalue weighted by atomic mass is 10.1. The molecule has 0 bridgehead atoms. The highest BCUT2D eigenvalue weighted by Gasteiger charge is 2.06. The highest BCUT2D eigenvalue weighted by atomic mass is 127. The number of rotatable bonds is 0. The molecule has 2 aromatic rings. The normalized spacial score (nSPS) is 9.71. The Balaban J connectivity index is 0.000000980. The first-order valence-electron chi connectivity index (χ1n) is 3.89. The van der Waals surface area contributed by atoms with E-state index in [4.69, 9.17) is 5.73 Å². The van der Waals surface area contributed by atoms with Crippen LogP contribution in [0.25, 0.3) is 10.8 Å². The number of aromatic hydroxyl groups is 2. The van der Waals surface area contributed by atoms with E-state index in [-0.39, 0.29) is 41.2 Å². The number of benzene rings is 2. The number of phenolic OH excluding ortho intramolecular Hbond substituents is 2. The Hall–Kier alpha value is -1.17. The summed E-state index contributed by atoms with van der Waals surface area (Å²) < 4.78 is 0. The van der Waals surface area contributed by atoms with Gasteiger partial charge in [-0.3, -0.25) is 0 Å². The number of anilines is 1. The molecule has 4 heteroatoms. The van der Waals surface area contributed by atoms with E-state index >= 15 is 0 Å². The molecule has 0 spiro atoms. The van der Waals surface area contributed by atoms with Gasteiger partial charge in [0.1, 0.15) is 11.5 Å². The van der Waals surface area contributed by atoms with Crippen LogP contribution in [0.3, 0.4) is 0 Å². The quantitative estimate of drug-likeness (QED) is 0.249. The van der Waals surface area contributed by atoms with E-state index in [1.54, 1.807) is 24.3 Å². The summed E-state index contributed by atoms with van der Waals surface area (Å²) in [6, 6.07) is 8.35. The highest BCUT2D eigenvalue weighted by molar-refractivity contribution is 5.96. The Bertz CT molecular complexity index is 471. The Kier molecular flexibility index (Phi) is 3.05. The lowest BCUT2D eigenvalue weighted by Gasteiger charge is -2.05. The molecule has 14 heavy (non-hydrogen) atoms. The van der Waals surface area contributed by atoms with E-state index in [9.17, 15) is 10.2 Å². The summed E-state index contributed by atoms with van der Waals surface area (Å²) in [4.78, 5) is 0. The van der Waals surface area contributed by atoms with Crippen LogP contribution in [0.5, 0.6) is 11.5 Å². The molecule has 3 nitrogen and oxygen atoms in total. The molecule has 0 aliphatic rings. The van der Waals surface area contributed by atoms with Gasteiger partial charge in [0.05, 0.1) is 5.69 Å². The van der Waals surface area contributed by atoms with Gasteiger partial charge in [0.15, 0.2) is 0 Å². The molecular weight excluding hydrogens is 293 g/mol. The van der Waals surface area contributed by atoms with Crippen LogP contribution in [-0.4, -0.2) is 10.2 Å². The van der Waals surface area contributed by atoms with Crippen molar-refractivity contribution < 1.29 is 34.2 Å². The van der Waals surface area contributed by atoms with Gasteiger partial charge in [-0.05, 0) is 0 Å². The summed E-state index contributed by atoms with van der Waals surface area (Å²) >= 11 is 0. The van der Waals surface area contributed by atoms with Gasteiger partial charge in [-0.1, -0.05) is 24.3 Å². The van der Waals surface area contributed by atoms with E-state index in [0.29, 0.717) is 10.8 Å². The third-order valence-electron chi connectivity index (χ3n) is 2.02. The Morgan fingerprint density at radius 3 is 2.21 bits per heavy atom. The van der Waals surface area contributed by atoms with Crippen LogP contribution in [0.15, 0.2) is 30.3 Å². The molecule has 0 atom stereocenters. The van der Waals surface area contributed by atoms with E-state index in [1.165, 1.54) is 6.07 Å². The lowest BCUT2D eigenvalue weighted by Crippen LogP contribution is -3.00. The number of phenols is 2. The van der Waals surface area contributed by atoms with Crippen LogP contribution in [0.4, 0.5) is 5.69 Å². The molecule has 74 valence electrons. The van der Waals surface area contributed by atoms with E-state index in [0.717, 1.165) is 0 Å². The molecule has 0 fully saturated rings. The smallest absolute Gasteiger partial charge is 0.146 e. The Morgan fingerprint density at radius 1 is 1.00 bits per heavy atom. The average molecular weight is 302 g/mol. The van der Waals surface area contributed by atoms with Crippen molar-refractivity contribution in [2.24, 2.45) is 0 Å². The summed E-state index contributed by atoms with van der Waals surface area (Å²) in [7, 11) is 0. The summed E-state index contributed by atoms with van der Waals surface area (Å²) in [5.74, 6) is 0.110. The number of hydrogen-bond acceptors (Lipinski definition) is 3. The molecule has 2 aromatic carbocycles. The van der Waals surface area contributed by atoms with Gasteiger partial charge in [0.25, 0.3) is 0 Å². The van der Waals surface area contributed by atoms with Gasteiger partial charge >= 0.3 is 0 Å². The van der Waals surface area contributed by atoms with E-state index in [1.807, 2.05) is 0 Å². The van der Waals surface area contributed by atoms with Gasteiger partial charge in [-0.15, -0.1) is 0 Å². The molecule has 0 saturated heterocycles. The van der Waals surface area contributed by atoms with Crippen LogP contribution in [0.1, 0.15) is 0 Å². The van der Waals surface area contributed by atoms with Gasteiger partial charge in [-0.2, -0.15) is 0 Å². The SMILES string of the molecule is Nc1cc(O)c2ccccc2c1O.[I-]. The zero-order valence-corrected chi connectivity index (χ0v) is 9.39. The fraction of sp³-hybridized carbons (Fsp3) is 0. The van der Waals surface area contributed by atoms with Crippen molar-refractivity contribution in [3.8, 4) is 11.5 Å². The minimum Gasteiger partial charge on any atom is -1.00 e. The summed E-state index contributed by atoms with van der Waals surface area (Å²) in [6.07, 6.45) is 0. The average Bonchev–Trinajstić information content (AvgIpc) is 2.15. The van der Waals surface area contributed by atoms with Crippen molar-refractivity contribution in [2.75, 3.05) is 5.73 Å². The molecule has 4 N–H and O–H groups in total. The van der Waals surface area contributed by atoms with Crippen molar-refractivity contribution in [3.05, 3.63) is 30.3 Å². The molecule has 0 amide bonds. The topological polar surface area (TPSA) is 66.5 Å². The summed E-state index contributed by atoms with van der Waals surface area (Å²) in [6.45, 7) is 0. The van der Waals surface area contributed by atoms with Crippen molar-refractivity contribution in [2.45, 2.75) is 0 Å². The fourth-order valence-corrected chi connectivity index (χ4v) is 1.36. The van der Waals surface area contributed by atoms with Gasteiger partial charge in [-0.25, -0.2) is 0 Å². The maximum atomic E-state index is 9.55. The molecule has 0 unspecified atom stereocenters. The maximum Gasteiger partial charge on any atom is 0.146 e. The molecule has 0 aromatic heterocycles. The van der Waals surface area contributed by atoms with Crippen LogP contribution >= 0.6 is 0 Å². The van der Waals surface area contributed by atoms with Crippen molar-refractivity contribution in [1.29, 1.82) is 0 Å². The number of fused-ring (bicyclic) bond motifs is 1. The van der Waals surface area contributed by atoms with Crippen molar-refractivity contribution >= 4 is 16.5 Å². The van der Waals surface area contributed by atoms with Crippen LogP contribution in [0.2, 0.25) is 0 Å². The predicted octanol–water partition coefficient (Wildman–Crippen LogP) is -1.16. The number of nitrogens with two attached hydrogens (primary N) is 1. The van der Waals surface area contributed by atoms with Gasteiger partial charge in [0.2, 0.25) is 0 Å². The van der Waals surface area contributed by atoms with Crippen LogP contribution < -0.4 is 29.7 Å². The second kappa shape index (κ2) is 3.91. The first kappa shape index (κ1) is 10.9. The first-order valence-corrected chi connectivity index (χ1v) is 3.89. The number of nitrogen functional groups attached to an aromatic ring is 1. The van der Waals surface area contributed by atoms with E-state index < -0.39 is 0 Å². The zero-order valence-electron chi connectivity index (χ0n) is 7.24. The lowest BCUT2D eigenvalue weighted by molar-refractivity contribution is -0.00000447. The van der Waals surface area contributed by atoms with Crippen molar-refractivity contribution in [3.63, 3.8) is 0 Å². The second-order valence-corrected chi connectivity index (χ2v) is 2.88. The summed E-state index contributed by atoms with van der Waals surface area (Å²) in [5.41, 5.74) is 5.67. The first-order chi connectivity index (χ1) is 6.20. The third-order valence-corrected chi connectivity index (χ3v) is 2.02. The molecule has 2 rings (SSSR count). The Morgan fingerprint density at radius 2 is 1.57 bits per heavy atom. The second-order valence-electron chi connectivity index (χ2n) is 2.88. The largest absolute Gasteiger partial charge is 1.00 e. The van der Waals surface area contributed by atoms with Crippen LogP contribution in [0, 0.1) is 0 Å². The Labute approximate surface area is 98.2 Å². The van der Waals surface area contributed by atoms with E-state index in [2.05, 4.69) is 0 Å². The van der Waals surface area contributed by atoms with Crippen molar-refractivity contribution in [1.82, 2.24) is 0 Å². The number of halogens is 1. The zero-order chi connectivity index (χ0) is 9.42. The molecule has 0 radical (unpaired) electrons. The molecule has 0 heterocycles. The maximum absolute atomic E-state index is 9.55. The monoisotopic (exact) mass is 302 g/mol. The number of hydrogen-bond donors (Lipinski definition) is 3. The minimum absolute atomic E-state index is 0. The van der Waals surface area contributed by atoms with Gasteiger partial charge in [0, 0.05) is 16.8 Å². The molecule has 0 aliphatic heterocycles. The van der Waals surface area contributed by atoms with Gasteiger partial charge < -0.3 is 39.9 Å². The highest BCUT2D eigenvalue weighted by Crippen LogP contribution is 2.36. The molecule has 0 aliphatic carbocycles. The molecule has 0 saturated carbocycles. The minimum atomic E-state index is 0. The fourth-order valence-electron chi connectivity index (χ4n) is 1.36. The summed E-state index contributed by atoms with van der Waals surface area (Å²) in [5, 5.41) is 20.2.